The Hall–Kier alpha value is -1.16. The van der Waals surface area contributed by atoms with Crippen LogP contribution in [0.5, 0.6) is 0 Å². The molecule has 0 radical (unpaired) electrons. The van der Waals surface area contributed by atoms with Gasteiger partial charge in [0.05, 0.1) is 5.56 Å². The minimum Gasteiger partial charge on any atom is -0.389 e. The highest BCUT2D eigenvalue weighted by atomic mass is 32.1. The highest BCUT2D eigenvalue weighted by molar-refractivity contribution is 7.80. The number of rotatable bonds is 2. The van der Waals surface area contributed by atoms with Crippen LogP contribution in [0.25, 0.3) is 0 Å². The number of anilines is 1. The van der Waals surface area contributed by atoms with Gasteiger partial charge in [-0.3, -0.25) is 0 Å². The standard InChI is InChI=1S/C16H23N3S/c1-10-8-19(9-11(10)2)16-13(15(17)20)7-12-5-3-4-6-14(12)18-16/h7,10-11H,3-6,8-9H2,1-2H3,(H2,17,20). The number of thiocarbonyl (C=S) groups is 1. The van der Waals surface area contributed by atoms with Crippen LogP contribution in [0.4, 0.5) is 5.82 Å². The summed E-state index contributed by atoms with van der Waals surface area (Å²) in [5.41, 5.74) is 9.54. The van der Waals surface area contributed by atoms with E-state index in [1.807, 2.05) is 0 Å². The second kappa shape index (κ2) is 5.32. The van der Waals surface area contributed by atoms with Crippen LogP contribution in [0, 0.1) is 11.8 Å². The van der Waals surface area contributed by atoms with Crippen LogP contribution in [0.1, 0.15) is 43.5 Å². The van der Waals surface area contributed by atoms with Crippen molar-refractivity contribution in [2.75, 3.05) is 18.0 Å². The summed E-state index contributed by atoms with van der Waals surface area (Å²) < 4.78 is 0. The lowest BCUT2D eigenvalue weighted by molar-refractivity contribution is 0.494. The van der Waals surface area contributed by atoms with Gasteiger partial charge >= 0.3 is 0 Å². The minimum absolute atomic E-state index is 0.480. The SMILES string of the molecule is CC1CN(c2nc3c(cc2C(N)=S)CCCC3)CC1C. The molecule has 108 valence electrons. The molecule has 2 aliphatic rings. The van der Waals surface area contributed by atoms with Gasteiger partial charge in [0, 0.05) is 18.8 Å². The van der Waals surface area contributed by atoms with Crippen molar-refractivity contribution in [1.29, 1.82) is 0 Å². The fourth-order valence-corrected chi connectivity index (χ4v) is 3.50. The Kier molecular flexibility index (Phi) is 3.67. The molecule has 4 heteroatoms. The Bertz CT molecular complexity index is 531. The first-order valence-corrected chi connectivity index (χ1v) is 8.04. The Morgan fingerprint density at radius 2 is 1.90 bits per heavy atom. The number of hydrogen-bond acceptors (Lipinski definition) is 3. The summed E-state index contributed by atoms with van der Waals surface area (Å²) in [5, 5.41) is 0. The number of nitrogens with zero attached hydrogens (tertiary/aromatic N) is 2. The molecular formula is C16H23N3S. The van der Waals surface area contributed by atoms with Crippen LogP contribution in [-0.2, 0) is 12.8 Å². The molecule has 0 spiro atoms. The molecule has 2 heterocycles. The summed E-state index contributed by atoms with van der Waals surface area (Å²) in [6.07, 6.45) is 4.71. The maximum Gasteiger partial charge on any atom is 0.139 e. The number of aromatic nitrogens is 1. The lowest BCUT2D eigenvalue weighted by Crippen LogP contribution is -2.26. The topological polar surface area (TPSA) is 42.2 Å². The quantitative estimate of drug-likeness (QED) is 0.850. The molecule has 1 aromatic rings. The summed E-state index contributed by atoms with van der Waals surface area (Å²) in [7, 11) is 0. The molecule has 3 nitrogen and oxygen atoms in total. The zero-order valence-electron chi connectivity index (χ0n) is 12.4. The molecular weight excluding hydrogens is 266 g/mol. The van der Waals surface area contributed by atoms with E-state index in [1.54, 1.807) is 0 Å². The fourth-order valence-electron chi connectivity index (χ4n) is 3.35. The van der Waals surface area contributed by atoms with Gasteiger partial charge in [0.2, 0.25) is 0 Å². The van der Waals surface area contributed by atoms with Crippen molar-refractivity contribution >= 4 is 23.0 Å². The van der Waals surface area contributed by atoms with Gasteiger partial charge in [0.1, 0.15) is 10.8 Å². The van der Waals surface area contributed by atoms with Crippen LogP contribution in [0.2, 0.25) is 0 Å². The number of fused-ring (bicyclic) bond motifs is 1. The van der Waals surface area contributed by atoms with Gasteiger partial charge in [-0.15, -0.1) is 0 Å². The predicted octanol–water partition coefficient (Wildman–Crippen LogP) is 2.69. The lowest BCUT2D eigenvalue weighted by Gasteiger charge is -2.24. The van der Waals surface area contributed by atoms with E-state index in [4.69, 9.17) is 22.9 Å². The van der Waals surface area contributed by atoms with E-state index in [0.717, 1.165) is 37.3 Å². The molecule has 1 aromatic heterocycles. The van der Waals surface area contributed by atoms with Crippen LogP contribution in [0.3, 0.4) is 0 Å². The average Bonchev–Trinajstić information content (AvgIpc) is 2.77. The monoisotopic (exact) mass is 289 g/mol. The zero-order chi connectivity index (χ0) is 14.3. The summed E-state index contributed by atoms with van der Waals surface area (Å²) in [4.78, 5) is 7.80. The van der Waals surface area contributed by atoms with Crippen molar-refractivity contribution in [2.45, 2.75) is 39.5 Å². The molecule has 20 heavy (non-hydrogen) atoms. The highest BCUT2D eigenvalue weighted by Gasteiger charge is 2.29. The first-order chi connectivity index (χ1) is 9.56. The molecule has 3 rings (SSSR count). The molecule has 1 saturated heterocycles. The average molecular weight is 289 g/mol. The van der Waals surface area contributed by atoms with Gasteiger partial charge in [0.15, 0.2) is 0 Å². The van der Waals surface area contributed by atoms with E-state index in [2.05, 4.69) is 24.8 Å². The molecule has 0 aromatic carbocycles. The van der Waals surface area contributed by atoms with Gasteiger partial charge in [-0.1, -0.05) is 26.1 Å². The maximum absolute atomic E-state index is 5.95. The molecule has 2 N–H and O–H groups in total. The minimum atomic E-state index is 0.480. The Morgan fingerprint density at radius 3 is 2.55 bits per heavy atom. The van der Waals surface area contributed by atoms with Gasteiger partial charge in [-0.05, 0) is 49.1 Å². The largest absolute Gasteiger partial charge is 0.389 e. The molecule has 2 unspecified atom stereocenters. The summed E-state index contributed by atoms with van der Waals surface area (Å²) in [6.45, 7) is 6.73. The number of hydrogen-bond donors (Lipinski definition) is 1. The summed E-state index contributed by atoms with van der Waals surface area (Å²) in [6, 6.07) is 2.20. The first-order valence-electron chi connectivity index (χ1n) is 7.64. The second-order valence-electron chi connectivity index (χ2n) is 6.40. The van der Waals surface area contributed by atoms with Crippen molar-refractivity contribution in [3.05, 3.63) is 22.9 Å². The van der Waals surface area contributed by atoms with Crippen LogP contribution in [-0.4, -0.2) is 23.1 Å². The van der Waals surface area contributed by atoms with Crippen molar-refractivity contribution in [3.63, 3.8) is 0 Å². The second-order valence-corrected chi connectivity index (χ2v) is 6.84. The van der Waals surface area contributed by atoms with E-state index in [-0.39, 0.29) is 0 Å². The first kappa shape index (κ1) is 13.8. The number of aryl methyl sites for hydroxylation is 2. The Balaban J connectivity index is 2.02. The van der Waals surface area contributed by atoms with Crippen LogP contribution < -0.4 is 10.6 Å². The molecule has 0 saturated carbocycles. The van der Waals surface area contributed by atoms with E-state index in [1.165, 1.54) is 24.1 Å². The summed E-state index contributed by atoms with van der Waals surface area (Å²) in [5.74, 6) is 2.42. The van der Waals surface area contributed by atoms with Gasteiger partial charge in [-0.25, -0.2) is 4.98 Å². The number of pyridine rings is 1. The van der Waals surface area contributed by atoms with E-state index >= 15 is 0 Å². The van der Waals surface area contributed by atoms with Crippen LogP contribution >= 0.6 is 12.2 Å². The molecule has 0 amide bonds. The summed E-state index contributed by atoms with van der Waals surface area (Å²) >= 11 is 5.26. The van der Waals surface area contributed by atoms with Gasteiger partial charge in [0.25, 0.3) is 0 Å². The maximum atomic E-state index is 5.95. The number of nitrogens with two attached hydrogens (primary N) is 1. The van der Waals surface area contributed by atoms with Gasteiger partial charge in [-0.2, -0.15) is 0 Å². The third kappa shape index (κ3) is 2.41. The Morgan fingerprint density at radius 1 is 1.25 bits per heavy atom. The van der Waals surface area contributed by atoms with E-state index < -0.39 is 0 Å². The predicted molar refractivity (Wildman–Crippen MR) is 87.3 cm³/mol. The van der Waals surface area contributed by atoms with Crippen molar-refractivity contribution < 1.29 is 0 Å². The van der Waals surface area contributed by atoms with Gasteiger partial charge < -0.3 is 10.6 Å². The van der Waals surface area contributed by atoms with Crippen LogP contribution in [0.15, 0.2) is 6.07 Å². The normalized spacial score (nSPS) is 25.6. The lowest BCUT2D eigenvalue weighted by atomic mass is 9.94. The highest BCUT2D eigenvalue weighted by Crippen LogP contribution is 2.31. The van der Waals surface area contributed by atoms with E-state index in [9.17, 15) is 0 Å². The molecule has 1 fully saturated rings. The Labute approximate surface area is 126 Å². The van der Waals surface area contributed by atoms with Crippen molar-refractivity contribution in [2.24, 2.45) is 17.6 Å². The molecule has 0 bridgehead atoms. The zero-order valence-corrected chi connectivity index (χ0v) is 13.2. The third-order valence-electron chi connectivity index (χ3n) is 4.83. The van der Waals surface area contributed by atoms with Crippen molar-refractivity contribution in [1.82, 2.24) is 4.98 Å². The third-order valence-corrected chi connectivity index (χ3v) is 5.05. The fraction of sp³-hybridized carbons (Fsp3) is 0.625. The molecule has 1 aliphatic heterocycles. The molecule has 2 atom stereocenters. The van der Waals surface area contributed by atoms with Crippen molar-refractivity contribution in [3.8, 4) is 0 Å². The smallest absolute Gasteiger partial charge is 0.139 e. The molecule has 1 aliphatic carbocycles. The van der Waals surface area contributed by atoms with E-state index in [0.29, 0.717) is 16.8 Å².